The van der Waals surface area contributed by atoms with E-state index in [-0.39, 0.29) is 0 Å². The topological polar surface area (TPSA) is 29.4 Å². The van der Waals surface area contributed by atoms with Crippen molar-refractivity contribution in [2.24, 2.45) is 4.52 Å². The van der Waals surface area contributed by atoms with Crippen LogP contribution in [0.15, 0.2) is 199 Å². The number of benzene rings is 9. The Morgan fingerprint density at radius 3 is 1.22 bits per heavy atom. The van der Waals surface area contributed by atoms with Gasteiger partial charge in [-0.05, 0) is 110 Å². The summed E-state index contributed by atoms with van der Waals surface area (Å²) in [7, 11) is -6.78. The molecule has 0 atom stereocenters. The van der Waals surface area contributed by atoms with Gasteiger partial charge in [0.05, 0.1) is 7.05 Å². The zero-order valence-electron chi connectivity index (χ0n) is 29.7. The van der Waals surface area contributed by atoms with Gasteiger partial charge in [0.15, 0.2) is 0 Å². The Morgan fingerprint density at radius 1 is 0.389 bits per heavy atom. The molecule has 0 heterocycles. The fourth-order valence-electron chi connectivity index (χ4n) is 8.15. The summed E-state index contributed by atoms with van der Waals surface area (Å²) in [5.41, 5.74) is 2.55. The Labute approximate surface area is 315 Å². The number of hydrogen-bond acceptors (Lipinski definition) is 1. The van der Waals surface area contributed by atoms with Gasteiger partial charge in [-0.25, -0.2) is 4.52 Å². The van der Waals surface area contributed by atoms with E-state index in [0.29, 0.717) is 0 Å². The Balaban J connectivity index is 1.39. The van der Waals surface area contributed by atoms with Crippen LogP contribution in [0.3, 0.4) is 0 Å². The molecule has 0 unspecified atom stereocenters. The normalized spacial score (nSPS) is 13.0. The highest BCUT2D eigenvalue weighted by molar-refractivity contribution is 7.93. The maximum absolute atomic E-state index is 16.9. The summed E-state index contributed by atoms with van der Waals surface area (Å²) in [5, 5.41) is 13.7. The first-order valence-electron chi connectivity index (χ1n) is 18.6. The van der Waals surface area contributed by atoms with E-state index < -0.39 is 14.3 Å². The SMILES string of the molecule is O=P(N=P(c1ccc2c(c1)CCC=C2)(c1ccc2ccccc2c1)c1ccc2ccccc2c1)(c1ccc2ccccc2c1)c1ccc2ccccc2c1. The van der Waals surface area contributed by atoms with Crippen LogP contribution in [0.1, 0.15) is 17.5 Å². The molecule has 0 radical (unpaired) electrons. The third-order valence-corrected chi connectivity index (χ3v) is 18.1. The van der Waals surface area contributed by atoms with Gasteiger partial charge < -0.3 is 0 Å². The summed E-state index contributed by atoms with van der Waals surface area (Å²) in [6.07, 6.45) is 6.45. The molecule has 10 rings (SSSR count). The number of allylic oxidation sites excluding steroid dienone is 1. The molecular weight excluding hydrogens is 693 g/mol. The van der Waals surface area contributed by atoms with Gasteiger partial charge in [0.2, 0.25) is 7.29 Å². The molecule has 0 bridgehead atoms. The fourth-order valence-corrected chi connectivity index (χ4v) is 16.0. The molecule has 9 aromatic rings. The van der Waals surface area contributed by atoms with Gasteiger partial charge >= 0.3 is 0 Å². The lowest BCUT2D eigenvalue weighted by Crippen LogP contribution is -2.27. The molecule has 2 nitrogen and oxygen atoms in total. The van der Waals surface area contributed by atoms with E-state index >= 15 is 4.57 Å². The number of nitrogens with zero attached hydrogens (tertiary/aromatic N) is 1. The fraction of sp³-hybridized carbons (Fsp3) is 0.0400. The molecule has 0 amide bonds. The van der Waals surface area contributed by atoms with Gasteiger partial charge in [0.25, 0.3) is 0 Å². The van der Waals surface area contributed by atoms with Gasteiger partial charge in [0.1, 0.15) is 0 Å². The third kappa shape index (κ3) is 5.57. The van der Waals surface area contributed by atoms with Crippen LogP contribution >= 0.6 is 14.3 Å². The molecule has 1 aliphatic rings. The first-order valence-corrected chi connectivity index (χ1v) is 22.0. The Bertz CT molecular complexity index is 2900. The van der Waals surface area contributed by atoms with Crippen molar-refractivity contribution in [2.75, 3.05) is 0 Å². The third-order valence-electron chi connectivity index (χ3n) is 11.0. The second-order valence-corrected chi connectivity index (χ2v) is 20.0. The van der Waals surface area contributed by atoms with Crippen molar-refractivity contribution in [2.45, 2.75) is 12.8 Å². The molecule has 0 aromatic heterocycles. The van der Waals surface area contributed by atoms with Crippen molar-refractivity contribution < 1.29 is 4.57 Å². The number of fused-ring (bicyclic) bond motifs is 5. The molecule has 258 valence electrons. The average Bonchev–Trinajstić information content (AvgIpc) is 3.24. The highest BCUT2D eigenvalue weighted by Gasteiger charge is 2.36. The van der Waals surface area contributed by atoms with E-state index in [1.54, 1.807) is 0 Å². The van der Waals surface area contributed by atoms with Gasteiger partial charge in [-0.2, -0.15) is 0 Å². The average molecular weight is 730 g/mol. The maximum Gasteiger partial charge on any atom is 0.247 e. The summed E-state index contributed by atoms with van der Waals surface area (Å²) in [4.78, 5) is 0. The van der Waals surface area contributed by atoms with Crippen LogP contribution in [0, 0.1) is 0 Å². The van der Waals surface area contributed by atoms with E-state index in [0.717, 1.165) is 71.7 Å². The van der Waals surface area contributed by atoms with Gasteiger partial charge in [-0.3, -0.25) is 4.57 Å². The molecule has 0 saturated heterocycles. The molecule has 0 spiro atoms. The number of rotatable bonds is 6. The number of aryl methyl sites for hydroxylation is 1. The second kappa shape index (κ2) is 13.3. The quantitative estimate of drug-likeness (QED) is 0.157. The monoisotopic (exact) mass is 729 g/mol. The van der Waals surface area contributed by atoms with Crippen LogP contribution in [0.4, 0.5) is 0 Å². The highest BCUT2D eigenvalue weighted by Crippen LogP contribution is 2.60. The molecular formula is C50H37NOP2. The lowest BCUT2D eigenvalue weighted by molar-refractivity contribution is 0.588. The Kier molecular flexibility index (Phi) is 8.06. The molecule has 0 N–H and O–H groups in total. The summed E-state index contributed by atoms with van der Waals surface area (Å²) in [6, 6.07) is 66.7. The summed E-state index contributed by atoms with van der Waals surface area (Å²) >= 11 is 0. The minimum atomic E-state index is -3.74. The largest absolute Gasteiger partial charge is 0.288 e. The lowest BCUT2D eigenvalue weighted by Gasteiger charge is -2.31. The first-order chi connectivity index (χ1) is 26.6. The van der Waals surface area contributed by atoms with Crippen LogP contribution in [0.2, 0.25) is 0 Å². The first kappa shape index (κ1) is 32.8. The predicted octanol–water partition coefficient (Wildman–Crippen LogP) is 11.7. The van der Waals surface area contributed by atoms with E-state index in [4.69, 9.17) is 4.52 Å². The van der Waals surface area contributed by atoms with Crippen LogP contribution in [0.25, 0.3) is 49.2 Å². The maximum atomic E-state index is 16.9. The Morgan fingerprint density at radius 2 is 0.759 bits per heavy atom. The van der Waals surface area contributed by atoms with Crippen LogP contribution < -0.4 is 26.5 Å². The van der Waals surface area contributed by atoms with Crippen molar-refractivity contribution in [3.05, 3.63) is 205 Å². The van der Waals surface area contributed by atoms with Gasteiger partial charge in [-0.15, -0.1) is 0 Å². The lowest BCUT2D eigenvalue weighted by atomic mass is 9.98. The Hall–Kier alpha value is -5.78. The predicted molar refractivity (Wildman–Crippen MR) is 235 cm³/mol. The van der Waals surface area contributed by atoms with E-state index in [9.17, 15) is 0 Å². The molecule has 0 saturated carbocycles. The molecule has 54 heavy (non-hydrogen) atoms. The van der Waals surface area contributed by atoms with E-state index in [1.165, 1.54) is 21.9 Å². The molecule has 9 aromatic carbocycles. The van der Waals surface area contributed by atoms with Crippen molar-refractivity contribution >= 4 is 90.0 Å². The van der Waals surface area contributed by atoms with Crippen LogP contribution in [0.5, 0.6) is 0 Å². The number of hydrogen-bond donors (Lipinski definition) is 0. The molecule has 0 fully saturated rings. The summed E-state index contributed by atoms with van der Waals surface area (Å²) in [6.45, 7) is 0. The van der Waals surface area contributed by atoms with Crippen molar-refractivity contribution in [1.82, 2.24) is 0 Å². The summed E-state index contributed by atoms with van der Waals surface area (Å²) in [5.74, 6) is 0. The summed E-state index contributed by atoms with van der Waals surface area (Å²) < 4.78 is 23.0. The standard InChI is InChI=1S/C50H37NOP2/c52-54(49-29-24-39-14-4-9-19-44(39)34-49,50-30-25-40-15-5-10-20-45(40)35-50)51-53(46-26-21-36-11-1-6-16-41(36)31-46,47-27-22-37-12-2-7-17-42(37)32-47)48-28-23-38-13-3-8-18-43(38)33-48/h1-7,9-17,19-35H,8,18H2. The van der Waals surface area contributed by atoms with E-state index in [2.05, 4.69) is 188 Å². The second-order valence-electron chi connectivity index (χ2n) is 14.3. The van der Waals surface area contributed by atoms with Crippen molar-refractivity contribution in [3.63, 3.8) is 0 Å². The van der Waals surface area contributed by atoms with Gasteiger partial charge in [0, 0.05) is 26.5 Å². The highest BCUT2D eigenvalue weighted by atomic mass is 31.2. The van der Waals surface area contributed by atoms with Crippen molar-refractivity contribution in [3.8, 4) is 0 Å². The van der Waals surface area contributed by atoms with Crippen LogP contribution in [-0.4, -0.2) is 0 Å². The molecule has 4 heteroatoms. The van der Waals surface area contributed by atoms with Crippen molar-refractivity contribution in [1.29, 1.82) is 0 Å². The van der Waals surface area contributed by atoms with Gasteiger partial charge in [-0.1, -0.05) is 158 Å². The molecule has 0 aliphatic heterocycles. The van der Waals surface area contributed by atoms with Crippen LogP contribution in [-0.2, 0) is 11.0 Å². The zero-order valence-corrected chi connectivity index (χ0v) is 31.5. The zero-order chi connectivity index (χ0) is 36.1. The smallest absolute Gasteiger partial charge is 0.247 e. The minimum Gasteiger partial charge on any atom is -0.288 e. The minimum absolute atomic E-state index is 0.739. The van der Waals surface area contributed by atoms with E-state index in [1.807, 2.05) is 12.1 Å². The molecule has 1 aliphatic carbocycles.